The number of primary amides is 1. The van der Waals surface area contributed by atoms with Crippen LogP contribution >= 0.6 is 11.3 Å². The number of piperidine rings is 1. The molecular weight excluding hydrogens is 286 g/mol. The molecule has 2 heterocycles. The third kappa shape index (κ3) is 3.11. The quantitative estimate of drug-likeness (QED) is 0.868. The minimum Gasteiger partial charge on any atom is -0.368 e. The fraction of sp³-hybridized carbons (Fsp3) is 0.600. The molecule has 0 spiro atoms. The predicted octanol–water partition coefficient (Wildman–Crippen LogP) is 0.916. The lowest BCUT2D eigenvalue weighted by atomic mass is 10.0. The van der Waals surface area contributed by atoms with Crippen LogP contribution in [0.4, 0.5) is 0 Å². The van der Waals surface area contributed by atoms with Crippen molar-refractivity contribution in [3.05, 3.63) is 21.4 Å². The highest BCUT2D eigenvalue weighted by atomic mass is 32.1. The Morgan fingerprint density at radius 1 is 1.33 bits per heavy atom. The summed E-state index contributed by atoms with van der Waals surface area (Å²) in [4.78, 5) is 27.9. The molecule has 21 heavy (non-hydrogen) atoms. The third-order valence-corrected chi connectivity index (χ3v) is 5.52. The number of rotatable bonds is 4. The molecule has 0 radical (unpaired) electrons. The van der Waals surface area contributed by atoms with Crippen molar-refractivity contribution in [2.45, 2.75) is 38.1 Å². The first kappa shape index (κ1) is 14.5. The molecule has 5 nitrogen and oxygen atoms in total. The molecule has 2 amide bonds. The summed E-state index contributed by atoms with van der Waals surface area (Å²) in [6.45, 7) is 1.79. The van der Waals surface area contributed by atoms with E-state index in [1.54, 1.807) is 16.2 Å². The number of amides is 2. The molecule has 0 bridgehead atoms. The number of thiophene rings is 1. The van der Waals surface area contributed by atoms with Gasteiger partial charge in [-0.25, -0.2) is 0 Å². The van der Waals surface area contributed by atoms with Gasteiger partial charge in [0.05, 0.1) is 11.4 Å². The lowest BCUT2D eigenvalue weighted by Gasteiger charge is -2.33. The number of carbonyl (C=O) groups is 2. The molecule has 2 aliphatic rings. The number of aryl methyl sites for hydroxylation is 2. The van der Waals surface area contributed by atoms with Crippen molar-refractivity contribution in [2.24, 2.45) is 5.73 Å². The average molecular weight is 307 g/mol. The summed E-state index contributed by atoms with van der Waals surface area (Å²) >= 11 is 1.59. The summed E-state index contributed by atoms with van der Waals surface area (Å²) in [6, 6.07) is 2.13. The maximum Gasteiger partial charge on any atom is 0.264 e. The molecule has 0 saturated carbocycles. The molecule has 114 valence electrons. The summed E-state index contributed by atoms with van der Waals surface area (Å²) in [5, 5.41) is 3.28. The second kappa shape index (κ2) is 6.15. The van der Waals surface area contributed by atoms with Crippen molar-refractivity contribution in [3.63, 3.8) is 0 Å². The molecule has 0 aromatic carbocycles. The second-order valence-corrected chi connectivity index (χ2v) is 6.93. The van der Waals surface area contributed by atoms with E-state index >= 15 is 0 Å². The van der Waals surface area contributed by atoms with Gasteiger partial charge in [-0.05, 0) is 56.8 Å². The van der Waals surface area contributed by atoms with Gasteiger partial charge in [0, 0.05) is 10.9 Å². The molecule has 0 unspecified atom stereocenters. The molecule has 1 aromatic heterocycles. The van der Waals surface area contributed by atoms with Gasteiger partial charge >= 0.3 is 0 Å². The highest BCUT2D eigenvalue weighted by molar-refractivity contribution is 7.14. The van der Waals surface area contributed by atoms with Crippen LogP contribution in [-0.2, 0) is 17.6 Å². The van der Waals surface area contributed by atoms with Crippen LogP contribution in [0.15, 0.2) is 6.07 Å². The summed E-state index contributed by atoms with van der Waals surface area (Å²) in [7, 11) is 0. The van der Waals surface area contributed by atoms with E-state index in [9.17, 15) is 9.59 Å². The van der Waals surface area contributed by atoms with Crippen LogP contribution in [0.2, 0.25) is 0 Å². The Morgan fingerprint density at radius 3 is 2.76 bits per heavy atom. The van der Waals surface area contributed by atoms with Crippen molar-refractivity contribution in [1.82, 2.24) is 10.2 Å². The Labute approximate surface area is 128 Å². The van der Waals surface area contributed by atoms with Gasteiger partial charge in [-0.15, -0.1) is 11.3 Å². The van der Waals surface area contributed by atoms with Crippen LogP contribution in [0.5, 0.6) is 0 Å². The SMILES string of the molecule is NC(=O)CN(C(=O)c1cc2c(s1)CCC2)C1CCNCC1. The fourth-order valence-electron chi connectivity index (χ4n) is 3.23. The van der Waals surface area contributed by atoms with Crippen molar-refractivity contribution in [1.29, 1.82) is 0 Å². The molecule has 6 heteroatoms. The summed E-state index contributed by atoms with van der Waals surface area (Å²) < 4.78 is 0. The van der Waals surface area contributed by atoms with Gasteiger partial charge < -0.3 is 16.0 Å². The summed E-state index contributed by atoms with van der Waals surface area (Å²) in [5.74, 6) is -0.467. The van der Waals surface area contributed by atoms with Gasteiger partial charge in [-0.2, -0.15) is 0 Å². The second-order valence-electron chi connectivity index (χ2n) is 5.79. The molecular formula is C15H21N3O2S. The molecule has 1 fully saturated rings. The van der Waals surface area contributed by atoms with Gasteiger partial charge in [-0.3, -0.25) is 9.59 Å². The first-order valence-electron chi connectivity index (χ1n) is 7.56. The lowest BCUT2D eigenvalue weighted by Crippen LogP contribution is -2.49. The predicted molar refractivity (Wildman–Crippen MR) is 82.5 cm³/mol. The summed E-state index contributed by atoms with van der Waals surface area (Å²) in [6.07, 6.45) is 5.10. The zero-order valence-corrected chi connectivity index (χ0v) is 12.9. The number of hydrogen-bond donors (Lipinski definition) is 2. The van der Waals surface area contributed by atoms with Crippen LogP contribution in [0.3, 0.4) is 0 Å². The lowest BCUT2D eigenvalue weighted by molar-refractivity contribution is -0.119. The van der Waals surface area contributed by atoms with Crippen LogP contribution in [-0.4, -0.2) is 42.4 Å². The van der Waals surface area contributed by atoms with E-state index in [1.165, 1.54) is 16.9 Å². The fourth-order valence-corrected chi connectivity index (χ4v) is 4.44. The number of fused-ring (bicyclic) bond motifs is 1. The van der Waals surface area contributed by atoms with E-state index in [1.807, 2.05) is 6.07 Å². The van der Waals surface area contributed by atoms with Gasteiger partial charge in [0.25, 0.3) is 5.91 Å². The number of carbonyl (C=O) groups excluding carboxylic acids is 2. The van der Waals surface area contributed by atoms with Crippen LogP contribution < -0.4 is 11.1 Å². The van der Waals surface area contributed by atoms with Crippen molar-refractivity contribution in [2.75, 3.05) is 19.6 Å². The largest absolute Gasteiger partial charge is 0.368 e. The standard InChI is InChI=1S/C15H21N3O2S/c16-14(19)9-18(11-4-6-17-7-5-11)15(20)13-8-10-2-1-3-12(10)21-13/h8,11,17H,1-7,9H2,(H2,16,19). The van der Waals surface area contributed by atoms with E-state index in [4.69, 9.17) is 5.73 Å². The van der Waals surface area contributed by atoms with E-state index in [-0.39, 0.29) is 18.5 Å². The number of nitrogens with one attached hydrogen (secondary N) is 1. The first-order valence-corrected chi connectivity index (χ1v) is 8.38. The first-order chi connectivity index (χ1) is 10.1. The zero-order chi connectivity index (χ0) is 14.8. The summed E-state index contributed by atoms with van der Waals surface area (Å²) in [5.41, 5.74) is 6.66. The zero-order valence-electron chi connectivity index (χ0n) is 12.1. The Hall–Kier alpha value is -1.40. The number of nitrogens with two attached hydrogens (primary N) is 1. The van der Waals surface area contributed by atoms with Gasteiger partial charge in [-0.1, -0.05) is 0 Å². The maximum atomic E-state index is 12.8. The Balaban J connectivity index is 1.80. The maximum absolute atomic E-state index is 12.8. The van der Waals surface area contributed by atoms with Gasteiger partial charge in [0.2, 0.25) is 5.91 Å². The van der Waals surface area contributed by atoms with Crippen LogP contribution in [0, 0.1) is 0 Å². The van der Waals surface area contributed by atoms with Crippen LogP contribution in [0.25, 0.3) is 0 Å². The monoisotopic (exact) mass is 307 g/mol. The number of nitrogens with zero attached hydrogens (tertiary/aromatic N) is 1. The molecule has 3 rings (SSSR count). The highest BCUT2D eigenvalue weighted by Crippen LogP contribution is 2.31. The number of hydrogen-bond acceptors (Lipinski definition) is 4. The Morgan fingerprint density at radius 2 is 2.10 bits per heavy atom. The minimum absolute atomic E-state index is 0.0199. The van der Waals surface area contributed by atoms with Gasteiger partial charge in [0.1, 0.15) is 0 Å². The molecule has 1 aromatic rings. The third-order valence-electron chi connectivity index (χ3n) is 4.29. The normalized spacial score (nSPS) is 18.5. The van der Waals surface area contributed by atoms with E-state index in [0.717, 1.165) is 43.6 Å². The smallest absolute Gasteiger partial charge is 0.264 e. The van der Waals surface area contributed by atoms with Gasteiger partial charge in [0.15, 0.2) is 0 Å². The van der Waals surface area contributed by atoms with Crippen molar-refractivity contribution >= 4 is 23.2 Å². The molecule has 3 N–H and O–H groups in total. The minimum atomic E-state index is -0.439. The van der Waals surface area contributed by atoms with Crippen molar-refractivity contribution < 1.29 is 9.59 Å². The molecule has 1 saturated heterocycles. The molecule has 1 aliphatic heterocycles. The average Bonchev–Trinajstić information content (AvgIpc) is 3.06. The topological polar surface area (TPSA) is 75.4 Å². The van der Waals surface area contributed by atoms with E-state index < -0.39 is 5.91 Å². The Kier molecular flexibility index (Phi) is 4.26. The van der Waals surface area contributed by atoms with E-state index in [2.05, 4.69) is 5.32 Å². The molecule has 0 atom stereocenters. The van der Waals surface area contributed by atoms with E-state index in [0.29, 0.717) is 0 Å². The Bertz CT molecular complexity index is 528. The highest BCUT2D eigenvalue weighted by Gasteiger charge is 2.29. The molecule has 1 aliphatic carbocycles. The van der Waals surface area contributed by atoms with Crippen molar-refractivity contribution in [3.8, 4) is 0 Å². The van der Waals surface area contributed by atoms with Crippen LogP contribution in [0.1, 0.15) is 39.4 Å².